The number of rotatable bonds is 6. The predicted octanol–water partition coefficient (Wildman–Crippen LogP) is 4.23. The first-order valence-corrected chi connectivity index (χ1v) is 8.52. The second kappa shape index (κ2) is 8.43. The van der Waals surface area contributed by atoms with Gasteiger partial charge in [-0.15, -0.1) is 0 Å². The minimum atomic E-state index is -4.35. The highest BCUT2D eigenvalue weighted by Gasteiger charge is 2.30. The van der Waals surface area contributed by atoms with Crippen LogP contribution in [0.15, 0.2) is 48.5 Å². The van der Waals surface area contributed by atoms with Crippen LogP contribution in [0.3, 0.4) is 0 Å². The van der Waals surface area contributed by atoms with Crippen LogP contribution < -0.4 is 10.2 Å². The average molecular weight is 379 g/mol. The van der Waals surface area contributed by atoms with Gasteiger partial charge in [0.1, 0.15) is 0 Å². The maximum atomic E-state index is 12.6. The number of likely N-dealkylation sites (N-methyl/N-ethyl adjacent to an activating group) is 1. The highest BCUT2D eigenvalue weighted by Crippen LogP contribution is 2.29. The fraction of sp³-hybridized carbons (Fsp3) is 0.350. The van der Waals surface area contributed by atoms with Crippen molar-refractivity contribution >= 4 is 17.3 Å². The zero-order valence-electron chi connectivity index (χ0n) is 15.8. The molecule has 146 valence electrons. The molecule has 0 bridgehead atoms. The Bertz CT molecular complexity index is 756. The van der Waals surface area contributed by atoms with E-state index in [1.165, 1.54) is 12.1 Å². The standard InChI is InChI=1S/C20H24F3N3O/c1-14(19(27)24-17-9-11-18(12-10-17)25(2)3)26(4)13-15-5-7-16(8-6-15)20(21,22)23/h5-12,14H,13H2,1-4H3,(H,24,27). The molecule has 0 saturated carbocycles. The lowest BCUT2D eigenvalue weighted by Gasteiger charge is -2.24. The molecule has 1 atom stereocenters. The Morgan fingerprint density at radius 2 is 1.56 bits per heavy atom. The average Bonchev–Trinajstić information content (AvgIpc) is 2.61. The monoisotopic (exact) mass is 379 g/mol. The zero-order valence-corrected chi connectivity index (χ0v) is 15.8. The number of benzene rings is 2. The molecule has 0 aromatic heterocycles. The molecule has 4 nitrogen and oxygen atoms in total. The smallest absolute Gasteiger partial charge is 0.378 e. The molecule has 2 aromatic rings. The van der Waals surface area contributed by atoms with E-state index in [1.54, 1.807) is 18.9 Å². The summed E-state index contributed by atoms with van der Waals surface area (Å²) in [5.74, 6) is -0.179. The minimum absolute atomic E-state index is 0.179. The van der Waals surface area contributed by atoms with Crippen LogP contribution in [-0.4, -0.2) is 38.0 Å². The van der Waals surface area contributed by atoms with Crippen LogP contribution in [0.5, 0.6) is 0 Å². The third kappa shape index (κ3) is 5.72. The van der Waals surface area contributed by atoms with Crippen molar-refractivity contribution in [2.24, 2.45) is 0 Å². The van der Waals surface area contributed by atoms with E-state index < -0.39 is 17.8 Å². The van der Waals surface area contributed by atoms with Gasteiger partial charge in [0.25, 0.3) is 0 Å². The van der Waals surface area contributed by atoms with Gasteiger partial charge >= 0.3 is 6.18 Å². The number of hydrogen-bond donors (Lipinski definition) is 1. The molecule has 1 unspecified atom stereocenters. The number of hydrogen-bond acceptors (Lipinski definition) is 3. The van der Waals surface area contributed by atoms with Crippen molar-refractivity contribution in [3.63, 3.8) is 0 Å². The van der Waals surface area contributed by atoms with Gasteiger partial charge in [-0.25, -0.2) is 0 Å². The molecule has 1 amide bonds. The molecule has 2 aromatic carbocycles. The lowest BCUT2D eigenvalue weighted by molar-refractivity contribution is -0.137. The predicted molar refractivity (Wildman–Crippen MR) is 102 cm³/mol. The molecule has 0 radical (unpaired) electrons. The third-order valence-electron chi connectivity index (χ3n) is 4.41. The quantitative estimate of drug-likeness (QED) is 0.816. The SMILES string of the molecule is CC(C(=O)Nc1ccc(N(C)C)cc1)N(C)Cc1ccc(C(F)(F)F)cc1. The number of carbonyl (C=O) groups is 1. The fourth-order valence-electron chi connectivity index (χ4n) is 2.51. The summed E-state index contributed by atoms with van der Waals surface area (Å²) < 4.78 is 37.9. The van der Waals surface area contributed by atoms with Gasteiger partial charge in [0.2, 0.25) is 5.91 Å². The molecular weight excluding hydrogens is 355 g/mol. The zero-order chi connectivity index (χ0) is 20.2. The number of nitrogens with one attached hydrogen (secondary N) is 1. The van der Waals surface area contributed by atoms with Gasteiger partial charge in [0.05, 0.1) is 11.6 Å². The molecule has 0 heterocycles. The van der Waals surface area contributed by atoms with Crippen LogP contribution in [-0.2, 0) is 17.5 Å². The van der Waals surface area contributed by atoms with Gasteiger partial charge in [-0.2, -0.15) is 13.2 Å². The summed E-state index contributed by atoms with van der Waals surface area (Å²) in [6, 6.07) is 12.0. The third-order valence-corrected chi connectivity index (χ3v) is 4.41. The topological polar surface area (TPSA) is 35.6 Å². The second-order valence-corrected chi connectivity index (χ2v) is 6.72. The Morgan fingerprint density at radius 3 is 2.04 bits per heavy atom. The van der Waals surface area contributed by atoms with Crippen molar-refractivity contribution in [1.29, 1.82) is 0 Å². The van der Waals surface area contributed by atoms with Gasteiger partial charge in [-0.1, -0.05) is 12.1 Å². The van der Waals surface area contributed by atoms with Crippen LogP contribution in [0.25, 0.3) is 0 Å². The highest BCUT2D eigenvalue weighted by molar-refractivity contribution is 5.94. The Morgan fingerprint density at radius 1 is 1.00 bits per heavy atom. The lowest BCUT2D eigenvalue weighted by Crippen LogP contribution is -2.39. The van der Waals surface area contributed by atoms with Gasteiger partial charge in [-0.3, -0.25) is 9.69 Å². The molecule has 0 fully saturated rings. The number of alkyl halides is 3. The Hall–Kier alpha value is -2.54. The summed E-state index contributed by atoms with van der Waals surface area (Å²) in [6.45, 7) is 2.12. The van der Waals surface area contributed by atoms with E-state index in [-0.39, 0.29) is 5.91 Å². The number of carbonyl (C=O) groups excluding carboxylic acids is 1. The number of amides is 1. The van der Waals surface area contributed by atoms with Crippen LogP contribution in [0.1, 0.15) is 18.1 Å². The van der Waals surface area contributed by atoms with E-state index in [9.17, 15) is 18.0 Å². The second-order valence-electron chi connectivity index (χ2n) is 6.72. The molecule has 7 heteroatoms. The van der Waals surface area contributed by atoms with Gasteiger partial charge in [-0.05, 0) is 55.9 Å². The fourth-order valence-corrected chi connectivity index (χ4v) is 2.51. The van der Waals surface area contributed by atoms with Crippen LogP contribution in [0.2, 0.25) is 0 Å². The van der Waals surface area contributed by atoms with Crippen LogP contribution >= 0.6 is 0 Å². The molecule has 1 N–H and O–H groups in total. The maximum Gasteiger partial charge on any atom is 0.416 e. The molecule has 27 heavy (non-hydrogen) atoms. The number of anilines is 2. The van der Waals surface area contributed by atoms with E-state index in [0.29, 0.717) is 17.8 Å². The Kier molecular flexibility index (Phi) is 6.49. The molecule has 2 rings (SSSR count). The maximum absolute atomic E-state index is 12.6. The van der Waals surface area contributed by atoms with E-state index in [2.05, 4.69) is 5.32 Å². The van der Waals surface area contributed by atoms with E-state index in [1.807, 2.05) is 43.3 Å². The highest BCUT2D eigenvalue weighted by atomic mass is 19.4. The Balaban J connectivity index is 1.95. The Labute approximate surface area is 157 Å². The summed E-state index contributed by atoms with van der Waals surface area (Å²) in [5.41, 5.74) is 1.75. The summed E-state index contributed by atoms with van der Waals surface area (Å²) >= 11 is 0. The van der Waals surface area contributed by atoms with Gasteiger partial charge in [0, 0.05) is 32.0 Å². The normalized spacial score (nSPS) is 12.7. The van der Waals surface area contributed by atoms with Crippen molar-refractivity contribution in [2.45, 2.75) is 25.7 Å². The summed E-state index contributed by atoms with van der Waals surface area (Å²) in [5, 5.41) is 2.86. The van der Waals surface area contributed by atoms with Crippen molar-refractivity contribution in [3.8, 4) is 0 Å². The summed E-state index contributed by atoms with van der Waals surface area (Å²) in [6.07, 6.45) is -4.35. The van der Waals surface area contributed by atoms with Crippen molar-refractivity contribution in [3.05, 3.63) is 59.7 Å². The first kappa shape index (κ1) is 20.8. The van der Waals surface area contributed by atoms with Gasteiger partial charge < -0.3 is 10.2 Å². The number of halogens is 3. The lowest BCUT2D eigenvalue weighted by atomic mass is 10.1. The van der Waals surface area contributed by atoms with E-state index in [0.717, 1.165) is 17.8 Å². The summed E-state index contributed by atoms with van der Waals surface area (Å²) in [7, 11) is 5.63. The number of nitrogens with zero attached hydrogens (tertiary/aromatic N) is 2. The summed E-state index contributed by atoms with van der Waals surface area (Å²) in [4.78, 5) is 16.2. The van der Waals surface area contributed by atoms with Crippen molar-refractivity contribution < 1.29 is 18.0 Å². The minimum Gasteiger partial charge on any atom is -0.378 e. The molecule has 0 aliphatic carbocycles. The van der Waals surface area contributed by atoms with Crippen LogP contribution in [0, 0.1) is 0 Å². The molecular formula is C20H24F3N3O. The van der Waals surface area contributed by atoms with Crippen LogP contribution in [0.4, 0.5) is 24.5 Å². The molecule has 0 aliphatic heterocycles. The molecule has 0 aliphatic rings. The van der Waals surface area contributed by atoms with E-state index >= 15 is 0 Å². The largest absolute Gasteiger partial charge is 0.416 e. The van der Waals surface area contributed by atoms with E-state index in [4.69, 9.17) is 0 Å². The molecule has 0 saturated heterocycles. The first-order valence-electron chi connectivity index (χ1n) is 8.52. The van der Waals surface area contributed by atoms with Crippen molar-refractivity contribution in [1.82, 2.24) is 4.90 Å². The molecule has 0 spiro atoms. The first-order chi connectivity index (χ1) is 12.6. The van der Waals surface area contributed by atoms with Crippen molar-refractivity contribution in [2.75, 3.05) is 31.4 Å². The van der Waals surface area contributed by atoms with Gasteiger partial charge in [0.15, 0.2) is 0 Å².